The zero-order chi connectivity index (χ0) is 43.5. The number of nitrogens with zero attached hydrogens (tertiary/aromatic N) is 7. The number of amides is 7. The van der Waals surface area contributed by atoms with Crippen LogP contribution in [0, 0.1) is 25.7 Å². The van der Waals surface area contributed by atoms with Crippen molar-refractivity contribution >= 4 is 58.7 Å². The van der Waals surface area contributed by atoms with Gasteiger partial charge in [0.1, 0.15) is 29.5 Å². The summed E-state index contributed by atoms with van der Waals surface area (Å²) in [6, 6.07) is 5.78. The van der Waals surface area contributed by atoms with Gasteiger partial charge in [-0.05, 0) is 82.2 Å². The SMILES string of the molecule is Cc1ccc(Nc2ncc3c(n2)N(C)C(=O)N(c2cc(C(=O)N[C@H](C(=O)N4CC[C@H]4C(=O)NC(C)(C)C(=O)N[C@@H](CC(C)C)C(=O)N(C)C)C(C)C)ccc2C)C3)cn1. The fourth-order valence-corrected chi connectivity index (χ4v) is 6.90. The molecule has 4 heterocycles. The second-order valence-corrected chi connectivity index (χ2v) is 16.8. The lowest BCUT2D eigenvalue weighted by atomic mass is 9.94. The van der Waals surface area contributed by atoms with Crippen molar-refractivity contribution in [3.05, 3.63) is 65.1 Å². The number of carbonyl (C=O) groups is 6. The number of aromatic nitrogens is 3. The maximum Gasteiger partial charge on any atom is 0.330 e. The van der Waals surface area contributed by atoms with E-state index in [0.717, 1.165) is 11.3 Å². The molecule has 2 aliphatic rings. The number of aryl methyl sites for hydroxylation is 2. The third kappa shape index (κ3) is 9.95. The van der Waals surface area contributed by atoms with Crippen LogP contribution in [0.1, 0.15) is 81.6 Å². The van der Waals surface area contributed by atoms with Crippen molar-refractivity contribution in [2.45, 2.75) is 98.4 Å². The number of urea groups is 1. The van der Waals surface area contributed by atoms with E-state index in [1.807, 2.05) is 39.8 Å². The molecule has 3 atom stereocenters. The zero-order valence-electron chi connectivity index (χ0n) is 35.8. The summed E-state index contributed by atoms with van der Waals surface area (Å²) in [6.45, 7) is 14.8. The minimum absolute atomic E-state index is 0.134. The summed E-state index contributed by atoms with van der Waals surface area (Å²) in [5.74, 6) is -1.69. The van der Waals surface area contributed by atoms with Crippen molar-refractivity contribution in [2.75, 3.05) is 42.8 Å². The molecule has 59 heavy (non-hydrogen) atoms. The number of hydrogen-bond donors (Lipinski definition) is 4. The first-order valence-electron chi connectivity index (χ1n) is 19.8. The molecule has 1 aromatic carbocycles. The minimum atomic E-state index is -1.39. The number of rotatable bonds is 14. The molecule has 3 aromatic rings. The number of carbonyl (C=O) groups excluding carboxylic acids is 6. The topological polar surface area (TPSA) is 202 Å². The largest absolute Gasteiger partial charge is 0.347 e. The second-order valence-electron chi connectivity index (χ2n) is 16.8. The number of benzene rings is 1. The van der Waals surface area contributed by atoms with Crippen molar-refractivity contribution < 1.29 is 28.8 Å². The summed E-state index contributed by atoms with van der Waals surface area (Å²) in [7, 11) is 4.86. The summed E-state index contributed by atoms with van der Waals surface area (Å²) in [4.78, 5) is 100. The van der Waals surface area contributed by atoms with Gasteiger partial charge in [0.25, 0.3) is 5.91 Å². The van der Waals surface area contributed by atoms with Gasteiger partial charge in [0, 0.05) is 56.4 Å². The molecule has 17 nitrogen and oxygen atoms in total. The third-order valence-electron chi connectivity index (χ3n) is 10.5. The van der Waals surface area contributed by atoms with Gasteiger partial charge in [0.05, 0.1) is 18.4 Å². The first kappa shape index (κ1) is 44.0. The predicted molar refractivity (Wildman–Crippen MR) is 224 cm³/mol. The van der Waals surface area contributed by atoms with Crippen LogP contribution in [-0.2, 0) is 25.7 Å². The number of fused-ring (bicyclic) bond motifs is 1. The summed E-state index contributed by atoms with van der Waals surface area (Å²) in [5, 5.41) is 11.6. The fraction of sp³-hybridized carbons (Fsp3) is 0.500. The van der Waals surface area contributed by atoms with Crippen LogP contribution in [0.25, 0.3) is 0 Å². The first-order valence-corrected chi connectivity index (χ1v) is 19.8. The van der Waals surface area contributed by atoms with Gasteiger partial charge in [-0.2, -0.15) is 4.98 Å². The monoisotopic (exact) mass is 811 g/mol. The molecule has 0 bridgehead atoms. The van der Waals surface area contributed by atoms with Gasteiger partial charge in [0.15, 0.2) is 0 Å². The van der Waals surface area contributed by atoms with Crippen LogP contribution < -0.4 is 31.1 Å². The average molecular weight is 812 g/mol. The van der Waals surface area contributed by atoms with Crippen molar-refractivity contribution in [2.24, 2.45) is 11.8 Å². The second kappa shape index (κ2) is 17.8. The molecule has 4 N–H and O–H groups in total. The van der Waals surface area contributed by atoms with Crippen LogP contribution in [0.5, 0.6) is 0 Å². The summed E-state index contributed by atoms with van der Waals surface area (Å²) < 4.78 is 0. The molecule has 2 aliphatic heterocycles. The minimum Gasteiger partial charge on any atom is -0.347 e. The van der Waals surface area contributed by atoms with Gasteiger partial charge >= 0.3 is 6.03 Å². The highest BCUT2D eigenvalue weighted by Gasteiger charge is 2.44. The van der Waals surface area contributed by atoms with E-state index in [1.165, 1.54) is 14.7 Å². The van der Waals surface area contributed by atoms with Gasteiger partial charge in [-0.25, -0.2) is 9.78 Å². The molecule has 7 amide bonds. The quantitative estimate of drug-likeness (QED) is 0.186. The molecule has 1 saturated heterocycles. The van der Waals surface area contributed by atoms with Crippen molar-refractivity contribution in [3.8, 4) is 0 Å². The Balaban J connectivity index is 1.26. The normalized spacial score (nSPS) is 16.2. The fourth-order valence-electron chi connectivity index (χ4n) is 6.90. The Kier molecular flexibility index (Phi) is 13.3. The van der Waals surface area contributed by atoms with Crippen LogP contribution in [0.15, 0.2) is 42.7 Å². The number of likely N-dealkylation sites (tertiary alicyclic amines) is 1. The molecule has 0 spiro atoms. The van der Waals surface area contributed by atoms with Crippen molar-refractivity contribution in [1.29, 1.82) is 0 Å². The van der Waals surface area contributed by atoms with Gasteiger partial charge in [-0.3, -0.25) is 38.8 Å². The molecule has 0 saturated carbocycles. The highest BCUT2D eigenvalue weighted by molar-refractivity contribution is 6.07. The predicted octanol–water partition coefficient (Wildman–Crippen LogP) is 3.68. The lowest BCUT2D eigenvalue weighted by Crippen LogP contribution is -2.67. The molecular weight excluding hydrogens is 755 g/mol. The standard InChI is InChI=1S/C42H57N11O6/c1-23(2)18-30(37(56)50(9)10)46-39(58)42(7,8)49-36(55)31-16-17-52(31)38(57)33(24(3)4)47-35(54)27-14-12-25(5)32(19-27)53-22-28-20-44-40(48-34(28)51(11)41(53)59)45-29-15-13-26(6)43-21-29/h12-15,19-21,23-24,30-31,33H,16-18,22H2,1-11H3,(H,46,58)(H,47,54)(H,49,55)(H,44,45,48)/t30-,31-,33-/m0/s1. The van der Waals surface area contributed by atoms with Crippen LogP contribution in [0.3, 0.4) is 0 Å². The van der Waals surface area contributed by atoms with Gasteiger partial charge < -0.3 is 31.1 Å². The van der Waals surface area contributed by atoms with Gasteiger partial charge in [0.2, 0.25) is 29.6 Å². The van der Waals surface area contributed by atoms with Gasteiger partial charge in [-0.15, -0.1) is 0 Å². The maximum atomic E-state index is 14.0. The Hall–Kier alpha value is -6.13. The number of nitrogens with one attached hydrogen (secondary N) is 4. The highest BCUT2D eigenvalue weighted by Crippen LogP contribution is 2.33. The molecule has 2 aromatic heterocycles. The molecule has 0 unspecified atom stereocenters. The van der Waals surface area contributed by atoms with E-state index in [-0.39, 0.29) is 35.9 Å². The first-order chi connectivity index (χ1) is 27.7. The lowest BCUT2D eigenvalue weighted by molar-refractivity contribution is -0.151. The molecular formula is C42H57N11O6. The average Bonchev–Trinajstić information content (AvgIpc) is 3.14. The van der Waals surface area contributed by atoms with Crippen molar-refractivity contribution in [3.63, 3.8) is 0 Å². The molecule has 316 valence electrons. The van der Waals surface area contributed by atoms with E-state index in [0.29, 0.717) is 48.1 Å². The van der Waals surface area contributed by atoms with Crippen LogP contribution in [0.2, 0.25) is 0 Å². The number of anilines is 4. The van der Waals surface area contributed by atoms with Crippen LogP contribution >= 0.6 is 0 Å². The Morgan fingerprint density at radius 3 is 2.27 bits per heavy atom. The molecule has 0 aliphatic carbocycles. The zero-order valence-corrected chi connectivity index (χ0v) is 35.8. The Morgan fingerprint density at radius 2 is 1.68 bits per heavy atom. The summed E-state index contributed by atoms with van der Waals surface area (Å²) in [6.07, 6.45) is 4.13. The number of pyridine rings is 1. The molecule has 0 radical (unpaired) electrons. The maximum absolute atomic E-state index is 14.0. The van der Waals surface area contributed by atoms with Crippen LogP contribution in [0.4, 0.5) is 27.9 Å². The van der Waals surface area contributed by atoms with Gasteiger partial charge in [-0.1, -0.05) is 33.8 Å². The molecule has 5 rings (SSSR count). The summed E-state index contributed by atoms with van der Waals surface area (Å²) >= 11 is 0. The molecule has 17 heteroatoms. The van der Waals surface area contributed by atoms with E-state index >= 15 is 0 Å². The van der Waals surface area contributed by atoms with Crippen LogP contribution in [-0.4, -0.2) is 112 Å². The number of likely N-dealkylation sites (N-methyl/N-ethyl adjacent to an activating group) is 1. The highest BCUT2D eigenvalue weighted by atomic mass is 16.2. The lowest BCUT2D eigenvalue weighted by Gasteiger charge is -2.43. The number of hydrogen-bond acceptors (Lipinski definition) is 10. The third-order valence-corrected chi connectivity index (χ3v) is 10.5. The van der Waals surface area contributed by atoms with E-state index in [2.05, 4.69) is 36.2 Å². The molecule has 1 fully saturated rings. The van der Waals surface area contributed by atoms with Crippen molar-refractivity contribution in [1.82, 2.24) is 40.7 Å². The van der Waals surface area contributed by atoms with E-state index in [1.54, 1.807) is 84.3 Å². The summed E-state index contributed by atoms with van der Waals surface area (Å²) in [5.41, 5.74) is 2.38. The van der Waals surface area contributed by atoms with E-state index < -0.39 is 47.3 Å². The Bertz CT molecular complexity index is 2100. The Morgan fingerprint density at radius 1 is 0.966 bits per heavy atom. The van der Waals surface area contributed by atoms with E-state index in [9.17, 15) is 28.8 Å². The smallest absolute Gasteiger partial charge is 0.330 e. The van der Waals surface area contributed by atoms with E-state index in [4.69, 9.17) is 0 Å². The Labute approximate surface area is 345 Å².